The number of rotatable bonds is 3. The molecule has 1 atom stereocenters. The molecule has 98 valence electrons. The highest BCUT2D eigenvalue weighted by atomic mass is 19.2. The number of aliphatic carboxylic acids is 1. The topological polar surface area (TPSA) is 81.8 Å². The predicted molar refractivity (Wildman–Crippen MR) is 56.7 cm³/mol. The first-order valence-electron chi connectivity index (χ1n) is 5.25. The SMILES string of the molecule is NC(Cc1c(F)c(F)cc2c1OCCO2)C(=O)O. The first kappa shape index (κ1) is 12.6. The number of fused-ring (bicyclic) bond motifs is 1. The number of nitrogens with two attached hydrogens (primary N) is 1. The van der Waals surface area contributed by atoms with E-state index in [0.717, 1.165) is 6.07 Å². The molecule has 0 radical (unpaired) electrons. The summed E-state index contributed by atoms with van der Waals surface area (Å²) in [6.07, 6.45) is -0.370. The van der Waals surface area contributed by atoms with Crippen molar-refractivity contribution in [1.29, 1.82) is 0 Å². The first-order valence-corrected chi connectivity index (χ1v) is 5.25. The Morgan fingerprint density at radius 3 is 2.78 bits per heavy atom. The minimum absolute atomic E-state index is 0.0249. The second kappa shape index (κ2) is 4.77. The Labute approximate surface area is 101 Å². The molecule has 18 heavy (non-hydrogen) atoms. The number of halogens is 2. The number of hydrogen-bond donors (Lipinski definition) is 2. The molecule has 2 rings (SSSR count). The van der Waals surface area contributed by atoms with Gasteiger partial charge in [0.2, 0.25) is 0 Å². The summed E-state index contributed by atoms with van der Waals surface area (Å²) in [5.41, 5.74) is 5.11. The fourth-order valence-corrected chi connectivity index (χ4v) is 1.69. The van der Waals surface area contributed by atoms with Crippen molar-refractivity contribution in [2.45, 2.75) is 12.5 Å². The van der Waals surface area contributed by atoms with Crippen LogP contribution in [-0.2, 0) is 11.2 Å². The van der Waals surface area contributed by atoms with Crippen LogP contribution in [0.5, 0.6) is 11.5 Å². The number of hydrogen-bond acceptors (Lipinski definition) is 4. The van der Waals surface area contributed by atoms with Crippen molar-refractivity contribution in [2.24, 2.45) is 5.73 Å². The molecule has 1 aromatic carbocycles. The molecule has 0 aromatic heterocycles. The summed E-state index contributed by atoms with van der Waals surface area (Å²) in [5.74, 6) is -3.49. The Bertz CT molecular complexity index is 492. The van der Waals surface area contributed by atoms with Gasteiger partial charge < -0.3 is 20.3 Å². The van der Waals surface area contributed by atoms with Gasteiger partial charge in [0.25, 0.3) is 0 Å². The number of carboxylic acids is 1. The maximum Gasteiger partial charge on any atom is 0.320 e. The van der Waals surface area contributed by atoms with Gasteiger partial charge in [0.05, 0.1) is 0 Å². The second-order valence-electron chi connectivity index (χ2n) is 3.82. The molecule has 0 fully saturated rings. The van der Waals surface area contributed by atoms with E-state index < -0.39 is 23.6 Å². The third-order valence-corrected chi connectivity index (χ3v) is 2.56. The minimum Gasteiger partial charge on any atom is -0.486 e. The molecule has 3 N–H and O–H groups in total. The number of benzene rings is 1. The Balaban J connectivity index is 2.43. The van der Waals surface area contributed by atoms with Gasteiger partial charge >= 0.3 is 5.97 Å². The molecule has 1 heterocycles. The molecule has 1 aromatic rings. The van der Waals surface area contributed by atoms with Crippen LogP contribution in [0.2, 0.25) is 0 Å². The van der Waals surface area contributed by atoms with Crippen molar-refractivity contribution in [3.63, 3.8) is 0 Å². The van der Waals surface area contributed by atoms with Crippen LogP contribution in [0.25, 0.3) is 0 Å². The molecule has 7 heteroatoms. The highest BCUT2D eigenvalue weighted by molar-refractivity contribution is 5.74. The molecule has 0 bridgehead atoms. The van der Waals surface area contributed by atoms with Crippen LogP contribution >= 0.6 is 0 Å². The van der Waals surface area contributed by atoms with E-state index in [0.29, 0.717) is 0 Å². The predicted octanol–water partition coefficient (Wildman–Crippen LogP) is 0.690. The third kappa shape index (κ3) is 2.21. The maximum absolute atomic E-state index is 13.7. The maximum atomic E-state index is 13.7. The summed E-state index contributed by atoms with van der Waals surface area (Å²) < 4.78 is 37.3. The average molecular weight is 259 g/mol. The van der Waals surface area contributed by atoms with E-state index in [2.05, 4.69) is 0 Å². The van der Waals surface area contributed by atoms with Crippen LogP contribution in [0.15, 0.2) is 6.07 Å². The van der Waals surface area contributed by atoms with Crippen molar-refractivity contribution in [1.82, 2.24) is 0 Å². The van der Waals surface area contributed by atoms with Crippen LogP contribution < -0.4 is 15.2 Å². The summed E-state index contributed by atoms with van der Waals surface area (Å²) in [7, 11) is 0. The molecule has 0 saturated heterocycles. The Morgan fingerprint density at radius 1 is 1.44 bits per heavy atom. The van der Waals surface area contributed by atoms with Gasteiger partial charge in [0, 0.05) is 18.1 Å². The van der Waals surface area contributed by atoms with Gasteiger partial charge in [-0.2, -0.15) is 0 Å². The highest BCUT2D eigenvalue weighted by Gasteiger charge is 2.26. The summed E-state index contributed by atoms with van der Waals surface area (Å²) >= 11 is 0. The lowest BCUT2D eigenvalue weighted by molar-refractivity contribution is -0.138. The fraction of sp³-hybridized carbons (Fsp3) is 0.364. The minimum atomic E-state index is -1.34. The highest BCUT2D eigenvalue weighted by Crippen LogP contribution is 2.37. The molecule has 0 amide bonds. The zero-order valence-corrected chi connectivity index (χ0v) is 9.28. The lowest BCUT2D eigenvalue weighted by Gasteiger charge is -2.22. The van der Waals surface area contributed by atoms with E-state index in [1.54, 1.807) is 0 Å². The average Bonchev–Trinajstić information content (AvgIpc) is 2.34. The van der Waals surface area contributed by atoms with Crippen molar-refractivity contribution in [3.05, 3.63) is 23.3 Å². The van der Waals surface area contributed by atoms with Crippen LogP contribution in [0.1, 0.15) is 5.56 Å². The Hall–Kier alpha value is -1.89. The molecule has 0 spiro atoms. The number of carboxylic acid groups (broad SMARTS) is 1. The third-order valence-electron chi connectivity index (χ3n) is 2.56. The van der Waals surface area contributed by atoms with Gasteiger partial charge in [0.1, 0.15) is 19.3 Å². The number of carbonyl (C=O) groups is 1. The Kier molecular flexibility index (Phi) is 3.33. The lowest BCUT2D eigenvalue weighted by Crippen LogP contribution is -2.33. The normalized spacial score (nSPS) is 15.3. The van der Waals surface area contributed by atoms with Crippen molar-refractivity contribution in [2.75, 3.05) is 13.2 Å². The second-order valence-corrected chi connectivity index (χ2v) is 3.82. The van der Waals surface area contributed by atoms with Gasteiger partial charge in [0.15, 0.2) is 23.1 Å². The molecule has 0 saturated carbocycles. The van der Waals surface area contributed by atoms with Gasteiger partial charge in [-0.15, -0.1) is 0 Å². The molecule has 1 aliphatic heterocycles. The molecule has 0 aliphatic carbocycles. The van der Waals surface area contributed by atoms with Gasteiger partial charge in [-0.1, -0.05) is 0 Å². The molecular weight excluding hydrogens is 248 g/mol. The summed E-state index contributed by atoms with van der Waals surface area (Å²) in [4.78, 5) is 10.7. The molecule has 1 unspecified atom stereocenters. The zero-order valence-electron chi connectivity index (χ0n) is 9.28. The molecule has 1 aliphatic rings. The van der Waals surface area contributed by atoms with Crippen LogP contribution in [0.3, 0.4) is 0 Å². The largest absolute Gasteiger partial charge is 0.486 e. The van der Waals surface area contributed by atoms with Gasteiger partial charge in [-0.05, 0) is 0 Å². The molecule has 5 nitrogen and oxygen atoms in total. The monoisotopic (exact) mass is 259 g/mol. The fourth-order valence-electron chi connectivity index (χ4n) is 1.69. The quantitative estimate of drug-likeness (QED) is 0.834. The van der Waals surface area contributed by atoms with Crippen molar-refractivity contribution >= 4 is 5.97 Å². The van der Waals surface area contributed by atoms with Gasteiger partial charge in [-0.25, -0.2) is 8.78 Å². The summed E-state index contributed by atoms with van der Waals surface area (Å²) in [6, 6.07) is -0.462. The van der Waals surface area contributed by atoms with E-state index in [1.807, 2.05) is 0 Å². The summed E-state index contributed by atoms with van der Waals surface area (Å²) in [6.45, 7) is 0.413. The first-order chi connectivity index (χ1) is 8.50. The standard InChI is InChI=1S/C11H11F2NO4/c12-6-4-8-10(18-2-1-17-8)5(9(6)13)3-7(14)11(15)16/h4,7H,1-3,14H2,(H,15,16). The van der Waals surface area contributed by atoms with E-state index in [1.165, 1.54) is 0 Å². The van der Waals surface area contributed by atoms with Crippen molar-refractivity contribution in [3.8, 4) is 11.5 Å². The van der Waals surface area contributed by atoms with E-state index >= 15 is 0 Å². The van der Waals surface area contributed by atoms with E-state index in [9.17, 15) is 13.6 Å². The van der Waals surface area contributed by atoms with E-state index in [-0.39, 0.29) is 36.7 Å². The van der Waals surface area contributed by atoms with Crippen LogP contribution in [-0.4, -0.2) is 30.3 Å². The van der Waals surface area contributed by atoms with E-state index in [4.69, 9.17) is 20.3 Å². The van der Waals surface area contributed by atoms with Crippen LogP contribution in [0.4, 0.5) is 8.78 Å². The lowest BCUT2D eigenvalue weighted by atomic mass is 10.0. The van der Waals surface area contributed by atoms with Crippen LogP contribution in [0, 0.1) is 11.6 Å². The zero-order chi connectivity index (χ0) is 13.3. The number of ether oxygens (including phenoxy) is 2. The summed E-state index contributed by atoms with van der Waals surface area (Å²) in [5, 5.41) is 8.69. The van der Waals surface area contributed by atoms with Gasteiger partial charge in [-0.3, -0.25) is 4.79 Å². The Morgan fingerprint density at radius 2 is 2.11 bits per heavy atom. The smallest absolute Gasteiger partial charge is 0.320 e. The van der Waals surface area contributed by atoms with Crippen molar-refractivity contribution < 1.29 is 28.2 Å². The molecular formula is C11H11F2NO4.